The van der Waals surface area contributed by atoms with E-state index in [2.05, 4.69) is 15.8 Å². The lowest BCUT2D eigenvalue weighted by molar-refractivity contribution is -0.394. The summed E-state index contributed by atoms with van der Waals surface area (Å²) in [6.45, 7) is 2.58. The van der Waals surface area contributed by atoms with Crippen molar-refractivity contribution in [2.75, 3.05) is 6.61 Å². The minimum Gasteiger partial charge on any atom is -0.508 e. The average Bonchev–Trinajstić information content (AvgIpc) is 2.92. The Morgan fingerprint density at radius 3 is 2.18 bits per heavy atom. The lowest BCUT2D eigenvalue weighted by atomic mass is 10.0. The predicted molar refractivity (Wildman–Crippen MR) is 141 cm³/mol. The Hall–Kier alpha value is -5.33. The van der Waals surface area contributed by atoms with Gasteiger partial charge < -0.3 is 15.2 Å². The monoisotopic (exact) mass is 535 g/mol. The standard InChI is InChI=1S/C26H25N5O8/c1-2-11-39-23-9-5-18(6-10-23)16-27-29-26(34)24(12-17-3-7-22(32)8-4-17)28-25(33)19-13-20(30(35)36)15-21(14-19)31(37)38/h3-10,13-16,24,32H,2,11-12H2,1H3,(H,28,33)(H,29,34)/b27-16-/t24-/m0/s1. The van der Waals surface area contributed by atoms with Crippen LogP contribution in [0.15, 0.2) is 71.8 Å². The molecule has 13 nitrogen and oxygen atoms in total. The molecule has 0 aromatic heterocycles. The third kappa shape index (κ3) is 8.35. The van der Waals surface area contributed by atoms with Gasteiger partial charge >= 0.3 is 0 Å². The van der Waals surface area contributed by atoms with Gasteiger partial charge in [0.05, 0.1) is 34.3 Å². The van der Waals surface area contributed by atoms with Crippen LogP contribution in [0.3, 0.4) is 0 Å². The van der Waals surface area contributed by atoms with E-state index in [1.54, 1.807) is 36.4 Å². The molecule has 0 aliphatic carbocycles. The van der Waals surface area contributed by atoms with Crippen molar-refractivity contribution in [1.82, 2.24) is 10.7 Å². The van der Waals surface area contributed by atoms with Gasteiger partial charge in [-0.05, 0) is 53.9 Å². The van der Waals surface area contributed by atoms with Gasteiger partial charge in [-0.1, -0.05) is 19.1 Å². The largest absolute Gasteiger partial charge is 0.508 e. The molecule has 0 saturated carbocycles. The molecule has 0 radical (unpaired) electrons. The molecule has 3 N–H and O–H groups in total. The van der Waals surface area contributed by atoms with Crippen LogP contribution in [0.5, 0.6) is 11.5 Å². The molecule has 0 heterocycles. The van der Waals surface area contributed by atoms with E-state index in [0.29, 0.717) is 23.5 Å². The number of hydrogen-bond acceptors (Lipinski definition) is 9. The Bertz CT molecular complexity index is 1340. The summed E-state index contributed by atoms with van der Waals surface area (Å²) in [5.41, 5.74) is 1.92. The molecule has 0 saturated heterocycles. The zero-order valence-electron chi connectivity index (χ0n) is 20.8. The molecule has 0 spiro atoms. The van der Waals surface area contributed by atoms with E-state index in [9.17, 15) is 34.9 Å². The molecular weight excluding hydrogens is 510 g/mol. The van der Waals surface area contributed by atoms with Crippen molar-refractivity contribution in [2.45, 2.75) is 25.8 Å². The summed E-state index contributed by atoms with van der Waals surface area (Å²) in [5.74, 6) is -0.956. The summed E-state index contributed by atoms with van der Waals surface area (Å²) in [5, 5.41) is 38.3. The van der Waals surface area contributed by atoms with Gasteiger partial charge in [-0.15, -0.1) is 0 Å². The quantitative estimate of drug-likeness (QED) is 0.179. The lowest BCUT2D eigenvalue weighted by Gasteiger charge is -2.17. The third-order valence-corrected chi connectivity index (χ3v) is 5.33. The van der Waals surface area contributed by atoms with E-state index in [0.717, 1.165) is 24.6 Å². The minimum absolute atomic E-state index is 0.00315. The van der Waals surface area contributed by atoms with Gasteiger partial charge in [0.2, 0.25) is 0 Å². The maximum Gasteiger partial charge on any atom is 0.277 e. The first-order valence-corrected chi connectivity index (χ1v) is 11.7. The Balaban J connectivity index is 1.78. The van der Waals surface area contributed by atoms with Gasteiger partial charge in [0.25, 0.3) is 23.2 Å². The van der Waals surface area contributed by atoms with E-state index in [1.165, 1.54) is 18.3 Å². The molecule has 1 atom stereocenters. The Labute approximate surface area is 222 Å². The molecule has 0 unspecified atom stereocenters. The fourth-order valence-corrected chi connectivity index (χ4v) is 3.37. The van der Waals surface area contributed by atoms with Gasteiger partial charge in [0.15, 0.2) is 0 Å². The second-order valence-electron chi connectivity index (χ2n) is 8.30. The molecule has 3 aromatic carbocycles. The van der Waals surface area contributed by atoms with E-state index >= 15 is 0 Å². The van der Waals surface area contributed by atoms with E-state index in [1.807, 2.05) is 6.92 Å². The number of nitro benzene ring substituents is 2. The maximum atomic E-state index is 13.0. The number of amides is 2. The van der Waals surface area contributed by atoms with Crippen molar-refractivity contribution in [3.8, 4) is 11.5 Å². The highest BCUT2D eigenvalue weighted by atomic mass is 16.6. The van der Waals surface area contributed by atoms with Crippen LogP contribution >= 0.6 is 0 Å². The van der Waals surface area contributed by atoms with Crippen LogP contribution in [-0.2, 0) is 11.2 Å². The molecule has 39 heavy (non-hydrogen) atoms. The number of rotatable bonds is 12. The second kappa shape index (κ2) is 13.3. The number of carbonyl (C=O) groups is 2. The van der Waals surface area contributed by atoms with E-state index < -0.39 is 39.1 Å². The number of nitrogens with one attached hydrogen (secondary N) is 2. The van der Waals surface area contributed by atoms with Crippen LogP contribution in [0.4, 0.5) is 11.4 Å². The van der Waals surface area contributed by atoms with Gasteiger partial charge in [-0.25, -0.2) is 5.43 Å². The number of carbonyl (C=O) groups excluding carboxylic acids is 2. The van der Waals surface area contributed by atoms with Crippen molar-refractivity contribution in [1.29, 1.82) is 0 Å². The van der Waals surface area contributed by atoms with Crippen molar-refractivity contribution >= 4 is 29.4 Å². The normalized spacial score (nSPS) is 11.5. The molecule has 2 amide bonds. The molecule has 0 fully saturated rings. The first kappa shape index (κ1) is 28.2. The van der Waals surface area contributed by atoms with Crippen LogP contribution in [0.2, 0.25) is 0 Å². The Morgan fingerprint density at radius 2 is 1.62 bits per heavy atom. The molecule has 3 aromatic rings. The number of hydrogen-bond donors (Lipinski definition) is 3. The molecule has 202 valence electrons. The van der Waals surface area contributed by atoms with Crippen LogP contribution in [-0.4, -0.2) is 45.6 Å². The highest BCUT2D eigenvalue weighted by Gasteiger charge is 2.25. The highest BCUT2D eigenvalue weighted by Crippen LogP contribution is 2.23. The summed E-state index contributed by atoms with van der Waals surface area (Å²) in [6, 6.07) is 14.2. The summed E-state index contributed by atoms with van der Waals surface area (Å²) >= 11 is 0. The number of phenols is 1. The number of nitrogens with zero attached hydrogens (tertiary/aromatic N) is 3. The van der Waals surface area contributed by atoms with E-state index in [-0.39, 0.29) is 17.7 Å². The number of non-ortho nitro benzene ring substituents is 2. The zero-order chi connectivity index (χ0) is 28.4. The fourth-order valence-electron chi connectivity index (χ4n) is 3.37. The van der Waals surface area contributed by atoms with Gasteiger partial charge in [0, 0.05) is 18.6 Å². The topological polar surface area (TPSA) is 186 Å². The first-order chi connectivity index (χ1) is 18.7. The number of hydrazone groups is 1. The smallest absolute Gasteiger partial charge is 0.277 e. The van der Waals surface area contributed by atoms with Gasteiger partial charge in [-0.3, -0.25) is 29.8 Å². The lowest BCUT2D eigenvalue weighted by Crippen LogP contribution is -2.46. The molecule has 0 aliphatic rings. The number of phenolic OH excluding ortho intramolecular Hbond substituents is 1. The number of nitro groups is 2. The maximum absolute atomic E-state index is 13.0. The third-order valence-electron chi connectivity index (χ3n) is 5.33. The van der Waals surface area contributed by atoms with Crippen LogP contribution in [0.25, 0.3) is 0 Å². The van der Waals surface area contributed by atoms with Gasteiger partial charge in [-0.2, -0.15) is 5.10 Å². The SMILES string of the molecule is CCCOc1ccc(/C=N\NC(=O)[C@H](Cc2ccc(O)cc2)NC(=O)c2cc([N+](=O)[O-])cc([N+](=O)[O-])c2)cc1. The Kier molecular flexibility index (Phi) is 9.62. The molecule has 13 heteroatoms. The van der Waals surface area contributed by atoms with E-state index in [4.69, 9.17) is 4.74 Å². The number of aromatic hydroxyl groups is 1. The van der Waals surface area contributed by atoms with Crippen LogP contribution in [0.1, 0.15) is 34.8 Å². The van der Waals surface area contributed by atoms with Crippen molar-refractivity contribution in [2.24, 2.45) is 5.10 Å². The van der Waals surface area contributed by atoms with Crippen molar-refractivity contribution in [3.05, 3.63) is 104 Å². The highest BCUT2D eigenvalue weighted by molar-refractivity contribution is 5.98. The summed E-state index contributed by atoms with van der Waals surface area (Å²) in [6.07, 6.45) is 2.23. The zero-order valence-corrected chi connectivity index (χ0v) is 20.8. The summed E-state index contributed by atoms with van der Waals surface area (Å²) in [4.78, 5) is 46.6. The average molecular weight is 536 g/mol. The van der Waals surface area contributed by atoms with Gasteiger partial charge in [0.1, 0.15) is 17.5 Å². The number of ether oxygens (including phenoxy) is 1. The predicted octanol–water partition coefficient (Wildman–Crippen LogP) is 3.49. The number of benzene rings is 3. The van der Waals surface area contributed by atoms with Crippen molar-refractivity contribution < 1.29 is 29.3 Å². The molecule has 3 rings (SSSR count). The molecule has 0 aliphatic heterocycles. The van der Waals surface area contributed by atoms with Crippen LogP contribution < -0.4 is 15.5 Å². The molecule has 0 bridgehead atoms. The second-order valence-corrected chi connectivity index (χ2v) is 8.30. The Morgan fingerprint density at radius 1 is 1.00 bits per heavy atom. The first-order valence-electron chi connectivity index (χ1n) is 11.7. The summed E-state index contributed by atoms with van der Waals surface area (Å²) < 4.78 is 5.52. The van der Waals surface area contributed by atoms with Crippen LogP contribution in [0, 0.1) is 20.2 Å². The fraction of sp³-hybridized carbons (Fsp3) is 0.192. The summed E-state index contributed by atoms with van der Waals surface area (Å²) in [7, 11) is 0. The van der Waals surface area contributed by atoms with Crippen molar-refractivity contribution in [3.63, 3.8) is 0 Å². The minimum atomic E-state index is -1.22. The molecular formula is C26H25N5O8.